The first-order valence-corrected chi connectivity index (χ1v) is 6.53. The largest absolute Gasteiger partial charge is 0.481 e. The van der Waals surface area contributed by atoms with Crippen molar-refractivity contribution in [2.75, 3.05) is 19.6 Å². The molecule has 0 amide bonds. The Bertz CT molecular complexity index is 210. The molecule has 0 aromatic heterocycles. The van der Waals surface area contributed by atoms with Crippen molar-refractivity contribution in [3.05, 3.63) is 0 Å². The van der Waals surface area contributed by atoms with Crippen molar-refractivity contribution in [1.29, 1.82) is 0 Å². The Balaban J connectivity index is 1.85. The topological polar surface area (TPSA) is 40.5 Å². The highest BCUT2D eigenvalue weighted by atomic mass is 16.4. The summed E-state index contributed by atoms with van der Waals surface area (Å²) in [5.41, 5.74) is 0. The first-order valence-electron chi connectivity index (χ1n) is 6.53. The van der Waals surface area contributed by atoms with E-state index in [1.54, 1.807) is 0 Å². The van der Waals surface area contributed by atoms with E-state index in [-0.39, 0.29) is 0 Å². The molecule has 1 heterocycles. The molecule has 0 aromatic carbocycles. The number of hydrogen-bond donors (Lipinski definition) is 1. The monoisotopic (exact) mass is 227 g/mol. The summed E-state index contributed by atoms with van der Waals surface area (Å²) in [6.07, 6.45) is 4.64. The van der Waals surface area contributed by atoms with E-state index in [0.717, 1.165) is 24.7 Å². The fourth-order valence-electron chi connectivity index (χ4n) is 2.18. The van der Waals surface area contributed by atoms with Crippen molar-refractivity contribution in [3.63, 3.8) is 0 Å². The summed E-state index contributed by atoms with van der Waals surface area (Å²) >= 11 is 0. The van der Waals surface area contributed by atoms with Crippen molar-refractivity contribution in [1.82, 2.24) is 4.90 Å². The summed E-state index contributed by atoms with van der Waals surface area (Å²) in [6.45, 7) is 8.34. The minimum Gasteiger partial charge on any atom is -0.481 e. The van der Waals surface area contributed by atoms with Crippen LogP contribution in [0, 0.1) is 11.8 Å². The Kier molecular flexibility index (Phi) is 5.81. The number of aliphatic carboxylic acids is 1. The summed E-state index contributed by atoms with van der Waals surface area (Å²) < 4.78 is 0. The van der Waals surface area contributed by atoms with E-state index in [2.05, 4.69) is 18.7 Å². The van der Waals surface area contributed by atoms with Crippen LogP contribution in [0.1, 0.15) is 46.0 Å². The predicted molar refractivity (Wildman–Crippen MR) is 65.5 cm³/mol. The molecule has 16 heavy (non-hydrogen) atoms. The third-order valence-electron chi connectivity index (χ3n) is 3.54. The molecule has 0 bridgehead atoms. The minimum absolute atomic E-state index is 0.332. The van der Waals surface area contributed by atoms with Crippen LogP contribution in [0.15, 0.2) is 0 Å². The van der Waals surface area contributed by atoms with Gasteiger partial charge >= 0.3 is 5.97 Å². The number of hydrogen-bond acceptors (Lipinski definition) is 2. The van der Waals surface area contributed by atoms with E-state index in [4.69, 9.17) is 5.11 Å². The second-order valence-corrected chi connectivity index (χ2v) is 5.32. The van der Waals surface area contributed by atoms with E-state index in [1.807, 2.05) is 0 Å². The van der Waals surface area contributed by atoms with Gasteiger partial charge in [0.05, 0.1) is 0 Å². The quantitative estimate of drug-likeness (QED) is 0.648. The Hall–Kier alpha value is -0.570. The zero-order valence-electron chi connectivity index (χ0n) is 10.6. The first-order chi connectivity index (χ1) is 7.59. The van der Waals surface area contributed by atoms with E-state index in [9.17, 15) is 4.79 Å². The molecule has 0 saturated carbocycles. The van der Waals surface area contributed by atoms with Gasteiger partial charge in [-0.2, -0.15) is 0 Å². The van der Waals surface area contributed by atoms with Crippen LogP contribution in [-0.4, -0.2) is 35.6 Å². The summed E-state index contributed by atoms with van der Waals surface area (Å²) in [5, 5.41) is 8.48. The lowest BCUT2D eigenvalue weighted by Gasteiger charge is -2.41. The third-order valence-corrected chi connectivity index (χ3v) is 3.54. The number of carbonyl (C=O) groups is 1. The van der Waals surface area contributed by atoms with Crippen molar-refractivity contribution in [2.45, 2.75) is 46.0 Å². The van der Waals surface area contributed by atoms with Gasteiger partial charge in [0, 0.05) is 19.5 Å². The minimum atomic E-state index is -0.664. The van der Waals surface area contributed by atoms with Gasteiger partial charge in [0.1, 0.15) is 0 Å². The Morgan fingerprint density at radius 2 is 1.88 bits per heavy atom. The van der Waals surface area contributed by atoms with Crippen molar-refractivity contribution >= 4 is 5.97 Å². The highest BCUT2D eigenvalue weighted by molar-refractivity contribution is 5.66. The fourth-order valence-corrected chi connectivity index (χ4v) is 2.18. The molecular formula is C13H25NO2. The SMILES string of the molecule is CC(C)C1CN(CCCCCCC(=O)O)C1. The van der Waals surface area contributed by atoms with Crippen LogP contribution in [0.25, 0.3) is 0 Å². The van der Waals surface area contributed by atoms with Gasteiger partial charge in [-0.3, -0.25) is 4.79 Å². The number of carboxylic acids is 1. The van der Waals surface area contributed by atoms with E-state index in [0.29, 0.717) is 6.42 Å². The van der Waals surface area contributed by atoms with Crippen LogP contribution < -0.4 is 0 Å². The first kappa shape index (κ1) is 13.5. The highest BCUT2D eigenvalue weighted by Gasteiger charge is 2.27. The van der Waals surface area contributed by atoms with Crippen LogP contribution in [-0.2, 0) is 4.79 Å². The fraction of sp³-hybridized carbons (Fsp3) is 0.923. The van der Waals surface area contributed by atoms with Gasteiger partial charge in [0.15, 0.2) is 0 Å². The van der Waals surface area contributed by atoms with Gasteiger partial charge < -0.3 is 10.0 Å². The normalized spacial score (nSPS) is 17.7. The Morgan fingerprint density at radius 3 is 2.44 bits per heavy atom. The molecule has 0 radical (unpaired) electrons. The van der Waals surface area contributed by atoms with Crippen LogP contribution >= 0.6 is 0 Å². The lowest BCUT2D eigenvalue weighted by molar-refractivity contribution is -0.137. The molecule has 3 nitrogen and oxygen atoms in total. The van der Waals surface area contributed by atoms with Crippen molar-refractivity contribution in [3.8, 4) is 0 Å². The molecule has 3 heteroatoms. The number of likely N-dealkylation sites (tertiary alicyclic amines) is 1. The Labute approximate surface area is 98.8 Å². The number of nitrogens with zero attached hydrogens (tertiary/aromatic N) is 1. The molecule has 94 valence electrons. The molecule has 0 atom stereocenters. The van der Waals surface area contributed by atoms with Gasteiger partial charge in [0.2, 0.25) is 0 Å². The van der Waals surface area contributed by atoms with Gasteiger partial charge in [0.25, 0.3) is 0 Å². The van der Waals surface area contributed by atoms with Crippen LogP contribution in [0.5, 0.6) is 0 Å². The van der Waals surface area contributed by atoms with E-state index >= 15 is 0 Å². The number of rotatable bonds is 8. The molecule has 0 aliphatic carbocycles. The van der Waals surface area contributed by atoms with Gasteiger partial charge in [-0.15, -0.1) is 0 Å². The predicted octanol–water partition coefficient (Wildman–Crippen LogP) is 2.61. The Morgan fingerprint density at radius 1 is 1.25 bits per heavy atom. The van der Waals surface area contributed by atoms with E-state index in [1.165, 1.54) is 32.5 Å². The molecule has 1 N–H and O–H groups in total. The van der Waals surface area contributed by atoms with Crippen LogP contribution in [0.3, 0.4) is 0 Å². The second-order valence-electron chi connectivity index (χ2n) is 5.32. The standard InChI is InChI=1S/C13H25NO2/c1-11(2)12-9-14(10-12)8-6-4-3-5-7-13(15)16/h11-12H,3-10H2,1-2H3,(H,15,16). The molecule has 1 aliphatic rings. The molecule has 0 unspecified atom stereocenters. The van der Waals surface area contributed by atoms with Crippen LogP contribution in [0.4, 0.5) is 0 Å². The highest BCUT2D eigenvalue weighted by Crippen LogP contribution is 2.23. The molecule has 1 fully saturated rings. The molecule has 1 saturated heterocycles. The van der Waals surface area contributed by atoms with Crippen molar-refractivity contribution in [2.24, 2.45) is 11.8 Å². The maximum Gasteiger partial charge on any atom is 0.303 e. The zero-order chi connectivity index (χ0) is 12.0. The summed E-state index contributed by atoms with van der Waals surface area (Å²) in [5.74, 6) is 1.07. The summed E-state index contributed by atoms with van der Waals surface area (Å²) in [6, 6.07) is 0. The number of unbranched alkanes of at least 4 members (excludes halogenated alkanes) is 3. The van der Waals surface area contributed by atoms with Gasteiger partial charge in [-0.25, -0.2) is 0 Å². The average Bonchev–Trinajstić information content (AvgIpc) is 2.12. The second kappa shape index (κ2) is 6.89. The van der Waals surface area contributed by atoms with E-state index < -0.39 is 5.97 Å². The summed E-state index contributed by atoms with van der Waals surface area (Å²) in [4.78, 5) is 12.8. The maximum atomic E-state index is 10.3. The van der Waals surface area contributed by atoms with Crippen molar-refractivity contribution < 1.29 is 9.90 Å². The lowest BCUT2D eigenvalue weighted by Crippen LogP contribution is -2.49. The molecule has 1 aliphatic heterocycles. The van der Waals surface area contributed by atoms with Crippen LogP contribution in [0.2, 0.25) is 0 Å². The molecule has 0 aromatic rings. The summed E-state index contributed by atoms with van der Waals surface area (Å²) in [7, 11) is 0. The average molecular weight is 227 g/mol. The smallest absolute Gasteiger partial charge is 0.303 e. The third kappa shape index (κ3) is 4.97. The maximum absolute atomic E-state index is 10.3. The number of carboxylic acid groups (broad SMARTS) is 1. The molecular weight excluding hydrogens is 202 g/mol. The van der Waals surface area contributed by atoms with Gasteiger partial charge in [-0.1, -0.05) is 26.7 Å². The van der Waals surface area contributed by atoms with Gasteiger partial charge in [-0.05, 0) is 31.2 Å². The molecule has 1 rings (SSSR count). The zero-order valence-corrected chi connectivity index (χ0v) is 10.6. The molecule has 0 spiro atoms. The lowest BCUT2D eigenvalue weighted by atomic mass is 9.88.